The van der Waals surface area contributed by atoms with E-state index in [4.69, 9.17) is 4.99 Å². The van der Waals surface area contributed by atoms with Crippen LogP contribution < -0.4 is 16.0 Å². The molecule has 2 aliphatic rings. The molecule has 1 saturated heterocycles. The lowest BCUT2D eigenvalue weighted by Gasteiger charge is -2.19. The molecular weight excluding hydrogens is 464 g/mol. The van der Waals surface area contributed by atoms with Crippen LogP contribution in [0.1, 0.15) is 46.4 Å². The van der Waals surface area contributed by atoms with Gasteiger partial charge in [0.2, 0.25) is 0 Å². The molecule has 4 aromatic carbocycles. The molecule has 6 rings (SSSR count). The van der Waals surface area contributed by atoms with Crippen LogP contribution in [0.3, 0.4) is 0 Å². The fourth-order valence-electron chi connectivity index (χ4n) is 5.06. The van der Waals surface area contributed by atoms with Gasteiger partial charge in [-0.2, -0.15) is 0 Å². The lowest BCUT2D eigenvalue weighted by molar-refractivity contribution is 0.554. The number of hydrogen-bond acceptors (Lipinski definition) is 4. The second kappa shape index (κ2) is 10.7. The largest absolute Gasteiger partial charge is 0.363 e. The minimum absolute atomic E-state index is 0. The first kappa shape index (κ1) is 23.7. The van der Waals surface area contributed by atoms with E-state index in [-0.39, 0.29) is 36.6 Å². The Hall–Kier alpha value is -4.02. The highest BCUT2D eigenvalue weighted by atomic mass is 35.5. The Kier molecular flexibility index (Phi) is 7.06. The fourth-order valence-corrected chi connectivity index (χ4v) is 5.06. The summed E-state index contributed by atoms with van der Waals surface area (Å²) in [5.41, 5.74) is 4.94. The molecule has 4 aromatic rings. The molecular formula is C31H29ClN4. The zero-order valence-electron chi connectivity index (χ0n) is 19.8. The van der Waals surface area contributed by atoms with Crippen LogP contribution in [-0.2, 0) is 0 Å². The van der Waals surface area contributed by atoms with Gasteiger partial charge in [-0.3, -0.25) is 4.99 Å². The molecule has 5 heteroatoms. The Morgan fingerprint density at radius 3 is 1.31 bits per heavy atom. The maximum Gasteiger partial charge on any atom is 0.125 e. The van der Waals surface area contributed by atoms with Gasteiger partial charge in [0.25, 0.3) is 0 Å². The number of benzene rings is 4. The number of hydrogen-bond donors (Lipinski definition) is 3. The Morgan fingerprint density at radius 2 is 0.861 bits per heavy atom. The minimum atomic E-state index is 0. The number of aliphatic imine (C=N–C) groups is 1. The van der Waals surface area contributed by atoms with Gasteiger partial charge in [0.1, 0.15) is 17.7 Å². The van der Waals surface area contributed by atoms with E-state index in [0.29, 0.717) is 0 Å². The highest BCUT2D eigenvalue weighted by Crippen LogP contribution is 2.37. The van der Waals surface area contributed by atoms with Crippen molar-refractivity contribution in [1.82, 2.24) is 16.0 Å². The summed E-state index contributed by atoms with van der Waals surface area (Å²) < 4.78 is 0. The van der Waals surface area contributed by atoms with Crippen molar-refractivity contribution in [3.63, 3.8) is 0 Å². The Labute approximate surface area is 218 Å². The molecule has 0 aliphatic carbocycles. The molecule has 180 valence electrons. The van der Waals surface area contributed by atoms with E-state index in [1.165, 1.54) is 22.3 Å². The Bertz CT molecular complexity index is 1270. The normalized spacial score (nSPS) is 22.4. The number of halogens is 1. The highest BCUT2D eigenvalue weighted by Gasteiger charge is 2.34. The molecule has 0 unspecified atom stereocenters. The van der Waals surface area contributed by atoms with Crippen molar-refractivity contribution < 1.29 is 0 Å². The summed E-state index contributed by atoms with van der Waals surface area (Å²) in [6.45, 7) is 0. The van der Waals surface area contributed by atoms with Crippen LogP contribution in [0.2, 0.25) is 0 Å². The average molecular weight is 493 g/mol. The van der Waals surface area contributed by atoms with E-state index >= 15 is 0 Å². The highest BCUT2D eigenvalue weighted by molar-refractivity contribution is 5.95. The lowest BCUT2D eigenvalue weighted by atomic mass is 9.95. The van der Waals surface area contributed by atoms with Crippen LogP contribution in [0.15, 0.2) is 138 Å². The molecule has 0 radical (unpaired) electrons. The fraction of sp³-hybridized carbons (Fsp3) is 0.129. The summed E-state index contributed by atoms with van der Waals surface area (Å²) in [7, 11) is 0. The molecule has 0 saturated carbocycles. The quantitative estimate of drug-likeness (QED) is 0.301. The van der Waals surface area contributed by atoms with Crippen LogP contribution in [0, 0.1) is 0 Å². The van der Waals surface area contributed by atoms with Crippen molar-refractivity contribution in [2.75, 3.05) is 0 Å². The van der Waals surface area contributed by atoms with E-state index in [1.807, 2.05) is 0 Å². The SMILES string of the molecule is C(=C1N[C@@H](c2ccccc2)[C@H](c2ccccc2)N1)C1=N[C@@H](c2ccccc2)[C@H](c2ccccc2)N1.Cl. The topological polar surface area (TPSA) is 48.5 Å². The second-order valence-corrected chi connectivity index (χ2v) is 9.03. The van der Waals surface area contributed by atoms with Crippen LogP contribution >= 0.6 is 12.4 Å². The molecule has 36 heavy (non-hydrogen) atoms. The molecule has 0 spiro atoms. The van der Waals surface area contributed by atoms with Crippen LogP contribution in [-0.4, -0.2) is 5.84 Å². The van der Waals surface area contributed by atoms with Crippen LogP contribution in [0.25, 0.3) is 0 Å². The molecule has 0 amide bonds. The summed E-state index contributed by atoms with van der Waals surface area (Å²) in [6.07, 6.45) is 2.11. The first-order chi connectivity index (χ1) is 17.3. The Balaban J connectivity index is 0.00000267. The summed E-state index contributed by atoms with van der Waals surface area (Å²) in [4.78, 5) is 5.12. The second-order valence-electron chi connectivity index (χ2n) is 9.03. The van der Waals surface area contributed by atoms with Crippen molar-refractivity contribution >= 4 is 18.2 Å². The predicted molar refractivity (Wildman–Crippen MR) is 149 cm³/mol. The molecule has 3 N–H and O–H groups in total. The maximum absolute atomic E-state index is 5.12. The molecule has 0 aromatic heterocycles. The van der Waals surface area contributed by atoms with E-state index < -0.39 is 0 Å². The summed E-state index contributed by atoms with van der Waals surface area (Å²) in [5, 5.41) is 11.1. The van der Waals surface area contributed by atoms with Crippen molar-refractivity contribution in [3.8, 4) is 0 Å². The van der Waals surface area contributed by atoms with Gasteiger partial charge in [-0.15, -0.1) is 12.4 Å². The van der Waals surface area contributed by atoms with Crippen LogP contribution in [0.5, 0.6) is 0 Å². The summed E-state index contributed by atoms with van der Waals surface area (Å²) >= 11 is 0. The third-order valence-corrected chi connectivity index (χ3v) is 6.75. The molecule has 4 nitrogen and oxygen atoms in total. The maximum atomic E-state index is 5.12. The summed E-state index contributed by atoms with van der Waals surface area (Å²) in [5.74, 6) is 1.85. The van der Waals surface area contributed by atoms with Crippen molar-refractivity contribution in [3.05, 3.63) is 155 Å². The molecule has 4 atom stereocenters. The number of nitrogens with zero attached hydrogens (tertiary/aromatic N) is 1. The van der Waals surface area contributed by atoms with Crippen molar-refractivity contribution in [2.24, 2.45) is 4.99 Å². The third-order valence-electron chi connectivity index (χ3n) is 6.75. The lowest BCUT2D eigenvalue weighted by Crippen LogP contribution is -2.25. The smallest absolute Gasteiger partial charge is 0.125 e. The Morgan fingerprint density at radius 1 is 0.472 bits per heavy atom. The van der Waals surface area contributed by atoms with Gasteiger partial charge < -0.3 is 16.0 Å². The average Bonchev–Trinajstić information content (AvgIpc) is 3.56. The predicted octanol–water partition coefficient (Wildman–Crippen LogP) is 6.41. The van der Waals surface area contributed by atoms with E-state index in [0.717, 1.165) is 11.7 Å². The van der Waals surface area contributed by atoms with Gasteiger partial charge in [0.15, 0.2) is 0 Å². The van der Waals surface area contributed by atoms with Crippen LogP contribution in [0.4, 0.5) is 0 Å². The first-order valence-corrected chi connectivity index (χ1v) is 12.1. The van der Waals surface area contributed by atoms with Crippen molar-refractivity contribution in [1.29, 1.82) is 0 Å². The standard InChI is InChI=1S/C31H28N4.ClH/c1-5-13-22(14-6-1)28-29(23-15-7-2-8-16-23)33-26(32-28)21-27-34-30(24-17-9-3-10-18-24)31(35-27)25-19-11-4-12-20-25;/h1-21,28-33H,(H,34,35);1H/t28-,29-,30-,31-;/m0./s1. The molecule has 2 aliphatic heterocycles. The van der Waals surface area contributed by atoms with Gasteiger partial charge in [0, 0.05) is 6.08 Å². The van der Waals surface area contributed by atoms with Gasteiger partial charge in [-0.1, -0.05) is 121 Å². The molecule has 0 bridgehead atoms. The zero-order chi connectivity index (χ0) is 23.5. The van der Waals surface area contributed by atoms with Gasteiger partial charge in [0.05, 0.1) is 18.1 Å². The van der Waals surface area contributed by atoms with Gasteiger partial charge >= 0.3 is 0 Å². The van der Waals surface area contributed by atoms with E-state index in [2.05, 4.69) is 143 Å². The van der Waals surface area contributed by atoms with Gasteiger partial charge in [-0.25, -0.2) is 0 Å². The number of amidine groups is 1. The third kappa shape index (κ3) is 4.86. The molecule has 1 fully saturated rings. The number of nitrogens with one attached hydrogen (secondary N) is 3. The van der Waals surface area contributed by atoms with E-state index in [1.54, 1.807) is 0 Å². The minimum Gasteiger partial charge on any atom is -0.363 e. The summed E-state index contributed by atoms with van der Waals surface area (Å²) in [6, 6.07) is 42.7. The number of rotatable bonds is 5. The van der Waals surface area contributed by atoms with Gasteiger partial charge in [-0.05, 0) is 22.3 Å². The zero-order valence-corrected chi connectivity index (χ0v) is 20.6. The molecule has 2 heterocycles. The first-order valence-electron chi connectivity index (χ1n) is 12.1. The van der Waals surface area contributed by atoms with E-state index in [9.17, 15) is 0 Å². The monoisotopic (exact) mass is 492 g/mol. The van der Waals surface area contributed by atoms with Crippen molar-refractivity contribution in [2.45, 2.75) is 24.2 Å².